The zero-order valence-electron chi connectivity index (χ0n) is 24.1. The number of hydrogen-bond acceptors (Lipinski definition) is 11. The topological polar surface area (TPSA) is 162 Å². The number of halogens is 1. The zero-order valence-corrected chi connectivity index (χ0v) is 25.7. The Bertz CT molecular complexity index is 2060. The van der Waals surface area contributed by atoms with Crippen molar-refractivity contribution in [3.63, 3.8) is 0 Å². The molecule has 2 aromatic carbocycles. The van der Waals surface area contributed by atoms with Crippen molar-refractivity contribution in [2.75, 3.05) is 23.7 Å². The van der Waals surface area contributed by atoms with Crippen LogP contribution in [0.25, 0.3) is 16.8 Å². The lowest BCUT2D eigenvalue weighted by atomic mass is 9.83. The summed E-state index contributed by atoms with van der Waals surface area (Å²) in [6.45, 7) is 2.54. The summed E-state index contributed by atoms with van der Waals surface area (Å²) in [5, 5.41) is 11.2. The molecule has 0 radical (unpaired) electrons. The summed E-state index contributed by atoms with van der Waals surface area (Å²) in [6.07, 6.45) is 2.84. The molecule has 1 saturated heterocycles. The van der Waals surface area contributed by atoms with Crippen LogP contribution in [-0.4, -0.2) is 48.9 Å². The number of ketones is 1. The predicted molar refractivity (Wildman–Crippen MR) is 172 cm³/mol. The number of aromatic nitrogens is 4. The number of benzene rings is 2. The highest BCUT2D eigenvalue weighted by Gasteiger charge is 2.48. The number of nitrogens with two attached hydrogens (primary N) is 2. The molecule has 1 spiro atoms. The first kappa shape index (κ1) is 29.1. The van der Waals surface area contributed by atoms with Crippen LogP contribution in [0, 0.1) is 0 Å². The maximum Gasteiger partial charge on any atom is 0.269 e. The number of carbonyl (C=O) groups excluding carboxylic acids is 1. The summed E-state index contributed by atoms with van der Waals surface area (Å²) in [6, 6.07) is 17.7. The number of nitrogens with zero attached hydrogens (tertiary/aromatic N) is 5. The molecule has 0 amide bonds. The number of carbonyl (C=O) groups is 1. The highest BCUT2D eigenvalue weighted by molar-refractivity contribution is 7.99. The van der Waals surface area contributed by atoms with Crippen LogP contribution in [0.1, 0.15) is 41.9 Å². The number of piperidine rings is 1. The molecule has 13 heteroatoms. The Morgan fingerprint density at radius 1 is 1.07 bits per heavy atom. The van der Waals surface area contributed by atoms with Gasteiger partial charge in [-0.3, -0.25) is 14.0 Å². The second kappa shape index (κ2) is 11.1. The second-order valence-corrected chi connectivity index (χ2v) is 12.5. The third kappa shape index (κ3) is 4.85. The van der Waals surface area contributed by atoms with E-state index in [9.17, 15) is 14.7 Å². The molecule has 45 heavy (non-hydrogen) atoms. The molecule has 2 aliphatic rings. The van der Waals surface area contributed by atoms with Gasteiger partial charge in [-0.05, 0) is 24.3 Å². The van der Waals surface area contributed by atoms with Gasteiger partial charge in [0.05, 0.1) is 11.1 Å². The molecule has 7 rings (SSSR count). The Morgan fingerprint density at radius 2 is 1.82 bits per heavy atom. The summed E-state index contributed by atoms with van der Waals surface area (Å²) in [4.78, 5) is 42.1. The van der Waals surface area contributed by atoms with Crippen molar-refractivity contribution in [2.45, 2.75) is 41.3 Å². The van der Waals surface area contributed by atoms with E-state index >= 15 is 0 Å². The van der Waals surface area contributed by atoms with Gasteiger partial charge in [-0.2, -0.15) is 4.98 Å². The van der Waals surface area contributed by atoms with Gasteiger partial charge in [0, 0.05) is 55.1 Å². The fourth-order valence-electron chi connectivity index (χ4n) is 6.06. The summed E-state index contributed by atoms with van der Waals surface area (Å²) < 4.78 is 7.71. The predicted octanol–water partition coefficient (Wildman–Crippen LogP) is 4.88. The molecule has 11 nitrogen and oxygen atoms in total. The fourth-order valence-corrected chi connectivity index (χ4v) is 7.24. The van der Waals surface area contributed by atoms with E-state index in [4.69, 9.17) is 27.8 Å². The number of fused-ring (bicyclic) bond motifs is 2. The lowest BCUT2D eigenvalue weighted by molar-refractivity contribution is 0.0430. The number of Topliss-reactive ketones (excluding diaryl/α,β-unsaturated/α-hetero) is 1. The van der Waals surface area contributed by atoms with Gasteiger partial charge in [-0.15, -0.1) is 0 Å². The van der Waals surface area contributed by atoms with Crippen LogP contribution < -0.4 is 26.7 Å². The number of nitrogen functional groups attached to an aromatic ring is 1. The van der Waals surface area contributed by atoms with E-state index in [-0.39, 0.29) is 38.9 Å². The molecule has 2 aliphatic heterocycles. The lowest BCUT2D eigenvalue weighted by Crippen LogP contribution is -2.52. The van der Waals surface area contributed by atoms with Crippen LogP contribution in [0.2, 0.25) is 5.02 Å². The van der Waals surface area contributed by atoms with E-state index in [1.54, 1.807) is 42.6 Å². The molecule has 1 atom stereocenters. The summed E-state index contributed by atoms with van der Waals surface area (Å²) in [7, 11) is 0. The number of hydrogen-bond donors (Lipinski definition) is 3. The third-order valence-electron chi connectivity index (χ3n) is 8.40. The first-order chi connectivity index (χ1) is 21.7. The largest absolute Gasteiger partial charge is 0.493 e. The summed E-state index contributed by atoms with van der Waals surface area (Å²) in [5.74, 6) is 0.643. The quantitative estimate of drug-likeness (QED) is 0.224. The van der Waals surface area contributed by atoms with E-state index in [2.05, 4.69) is 15.0 Å². The van der Waals surface area contributed by atoms with Crippen molar-refractivity contribution in [2.24, 2.45) is 5.73 Å². The number of rotatable bonds is 5. The normalized spacial score (nSPS) is 17.0. The summed E-state index contributed by atoms with van der Waals surface area (Å²) >= 11 is 7.92. The first-order valence-electron chi connectivity index (χ1n) is 14.3. The molecular weight excluding hydrogens is 614 g/mol. The van der Waals surface area contributed by atoms with Crippen molar-refractivity contribution in [1.29, 1.82) is 0 Å². The lowest BCUT2D eigenvalue weighted by Gasteiger charge is -2.41. The molecule has 5 N–H and O–H groups in total. The van der Waals surface area contributed by atoms with Crippen molar-refractivity contribution < 1.29 is 14.6 Å². The molecule has 5 aromatic rings. The second-order valence-electron chi connectivity index (χ2n) is 11.1. The van der Waals surface area contributed by atoms with Gasteiger partial charge in [0.1, 0.15) is 33.3 Å². The maximum absolute atomic E-state index is 13.3. The van der Waals surface area contributed by atoms with E-state index in [0.29, 0.717) is 47.9 Å². The van der Waals surface area contributed by atoms with Crippen LogP contribution in [0.4, 0.5) is 11.6 Å². The van der Waals surface area contributed by atoms with Crippen molar-refractivity contribution >= 4 is 46.4 Å². The molecule has 1 fully saturated rings. The molecule has 0 unspecified atom stereocenters. The average Bonchev–Trinajstić information content (AvgIpc) is 3.30. The molecule has 3 aromatic heterocycles. The van der Waals surface area contributed by atoms with E-state index in [0.717, 1.165) is 23.1 Å². The smallest absolute Gasteiger partial charge is 0.269 e. The SMILES string of the molecule is CC(=O)c1nc(Sc2cccc(-c3c(O)nc4ccccn4c3=O)c2Cl)c(N)nc1N1CCC2(CC1)Oc1ccccc1[C@H]2N. The number of ether oxygens (including phenoxy) is 1. The molecule has 5 heterocycles. The average molecular weight is 642 g/mol. The van der Waals surface area contributed by atoms with Crippen LogP contribution in [0.15, 0.2) is 81.6 Å². The van der Waals surface area contributed by atoms with Crippen LogP contribution in [-0.2, 0) is 0 Å². The van der Waals surface area contributed by atoms with Gasteiger partial charge in [-0.1, -0.05) is 59.8 Å². The molecule has 0 bridgehead atoms. The van der Waals surface area contributed by atoms with Gasteiger partial charge in [0.2, 0.25) is 5.88 Å². The number of aromatic hydroxyl groups is 1. The number of anilines is 2. The first-order valence-corrected chi connectivity index (χ1v) is 15.5. The molecular formula is C32H28ClN7O4S. The fraction of sp³-hybridized carbons (Fsp3) is 0.219. The van der Waals surface area contributed by atoms with Crippen LogP contribution in [0.3, 0.4) is 0 Å². The van der Waals surface area contributed by atoms with Crippen molar-refractivity contribution in [3.8, 4) is 22.8 Å². The zero-order chi connectivity index (χ0) is 31.5. The van der Waals surface area contributed by atoms with E-state index < -0.39 is 17.0 Å². The minimum Gasteiger partial charge on any atom is -0.493 e. The Kier molecular flexibility index (Phi) is 7.15. The van der Waals surface area contributed by atoms with Gasteiger partial charge in [0.15, 0.2) is 17.4 Å². The monoisotopic (exact) mass is 641 g/mol. The minimum absolute atomic E-state index is 0.0399. The third-order valence-corrected chi connectivity index (χ3v) is 9.98. The van der Waals surface area contributed by atoms with E-state index in [1.165, 1.54) is 11.3 Å². The number of para-hydroxylation sites is 1. The highest BCUT2D eigenvalue weighted by atomic mass is 35.5. The van der Waals surface area contributed by atoms with Crippen molar-refractivity contribution in [1.82, 2.24) is 19.4 Å². The molecule has 228 valence electrons. The standard InChI is InChI=1S/C32H28ClN7O4S/c1-17(41)25-28(39-15-12-32(13-16-39)26(34)18-7-2-3-9-20(18)44-32)38-27(35)30(37-25)45-21-10-6-8-19(24(21)33)23-29(42)36-22-11-4-5-14-40(22)31(23)43/h2-11,14,26,42H,12-13,15-16,34H2,1H3,(H2,35,38)/t26-/m1/s1. The summed E-state index contributed by atoms with van der Waals surface area (Å²) in [5.41, 5.74) is 13.8. The Morgan fingerprint density at radius 3 is 2.58 bits per heavy atom. The Hall–Kier alpha value is -4.65. The Labute approximate surface area is 266 Å². The van der Waals surface area contributed by atoms with Crippen LogP contribution in [0.5, 0.6) is 11.6 Å². The molecule has 0 saturated carbocycles. The number of pyridine rings is 1. The Balaban J connectivity index is 1.18. The van der Waals surface area contributed by atoms with Gasteiger partial charge < -0.3 is 26.2 Å². The minimum atomic E-state index is -0.523. The van der Waals surface area contributed by atoms with Crippen molar-refractivity contribution in [3.05, 3.63) is 93.5 Å². The highest BCUT2D eigenvalue weighted by Crippen LogP contribution is 2.48. The maximum atomic E-state index is 13.3. The van der Waals surface area contributed by atoms with Gasteiger partial charge in [-0.25, -0.2) is 9.97 Å². The van der Waals surface area contributed by atoms with Gasteiger partial charge >= 0.3 is 0 Å². The molecule has 0 aliphatic carbocycles. The van der Waals surface area contributed by atoms with Gasteiger partial charge in [0.25, 0.3) is 5.56 Å². The van der Waals surface area contributed by atoms with Crippen LogP contribution >= 0.6 is 23.4 Å². The van der Waals surface area contributed by atoms with E-state index in [1.807, 2.05) is 29.2 Å².